The number of rotatable bonds is 7. The molecule has 1 heterocycles. The number of fused-ring (bicyclic) bond motifs is 4. The highest BCUT2D eigenvalue weighted by molar-refractivity contribution is 5.80. The lowest BCUT2D eigenvalue weighted by Crippen LogP contribution is -2.42. The Morgan fingerprint density at radius 2 is 0.806 bits per heavy atom. The minimum atomic E-state index is 0.269. The number of hydrogen-bond donors (Lipinski definition) is 0. The summed E-state index contributed by atoms with van der Waals surface area (Å²) in [7, 11) is 0. The zero-order valence-corrected chi connectivity index (χ0v) is 36.7. The molecule has 10 rings (SSSR count). The second-order valence-corrected chi connectivity index (χ2v) is 20.5. The maximum atomic E-state index is 9.79. The standard InChI is InChI=1S/C57H57N5/c1-36-20-42-21-37(2)29-56(28-36,32-42)51-16-12-44(13-17-51)48-25-49(45-14-18-52(19-15-45)57-30-38(3)22-43(33-57)23-39(4)31-57)27-50(26-48)55-61-53(46-10-8-40(34-58)9-11-46)60-54(62-55)47-7-5-6-41(24-47)35-59/h5-19,24-27,36-39,42-43H,20-23,28-33H2,1-4H3/t36-,37+,38-,39+,42-,43-,56?,57?. The van der Waals surface area contributed by atoms with E-state index in [-0.39, 0.29) is 10.8 Å². The van der Waals surface area contributed by atoms with E-state index in [1.54, 1.807) is 18.2 Å². The fourth-order valence-electron chi connectivity index (χ4n) is 13.4. The van der Waals surface area contributed by atoms with E-state index in [9.17, 15) is 10.5 Å². The molecule has 2 unspecified atom stereocenters. The molecule has 0 amide bonds. The van der Waals surface area contributed by atoms with Gasteiger partial charge in [-0.1, -0.05) is 88.4 Å². The van der Waals surface area contributed by atoms with E-state index in [1.165, 1.54) is 86.5 Å². The van der Waals surface area contributed by atoms with Gasteiger partial charge in [-0.25, -0.2) is 15.0 Å². The zero-order chi connectivity index (χ0) is 42.6. The molecular formula is C57H57N5. The van der Waals surface area contributed by atoms with Crippen molar-refractivity contribution in [2.75, 3.05) is 0 Å². The van der Waals surface area contributed by atoms with E-state index < -0.39 is 0 Å². The predicted octanol–water partition coefficient (Wildman–Crippen LogP) is 14.2. The molecule has 0 N–H and O–H groups in total. The van der Waals surface area contributed by atoms with Crippen molar-refractivity contribution < 1.29 is 0 Å². The largest absolute Gasteiger partial charge is 0.208 e. The molecule has 0 spiro atoms. The van der Waals surface area contributed by atoms with Gasteiger partial charge in [-0.2, -0.15) is 10.5 Å². The summed E-state index contributed by atoms with van der Waals surface area (Å²) in [6, 6.07) is 45.2. The van der Waals surface area contributed by atoms with E-state index in [2.05, 4.69) is 107 Å². The summed E-state index contributed by atoms with van der Waals surface area (Å²) in [5.74, 6) is 6.28. The Morgan fingerprint density at radius 3 is 1.26 bits per heavy atom. The van der Waals surface area contributed by atoms with Gasteiger partial charge in [0.25, 0.3) is 0 Å². The molecule has 4 bridgehead atoms. The molecule has 4 saturated carbocycles. The molecule has 62 heavy (non-hydrogen) atoms. The van der Waals surface area contributed by atoms with Crippen LogP contribution in [0.25, 0.3) is 56.4 Å². The molecule has 0 aliphatic heterocycles. The molecule has 4 aliphatic carbocycles. The second-order valence-electron chi connectivity index (χ2n) is 20.5. The van der Waals surface area contributed by atoms with E-state index in [1.807, 2.05) is 30.3 Å². The summed E-state index contributed by atoms with van der Waals surface area (Å²) < 4.78 is 0. The van der Waals surface area contributed by atoms with Crippen molar-refractivity contribution in [3.63, 3.8) is 0 Å². The summed E-state index contributed by atoms with van der Waals surface area (Å²) in [5.41, 5.74) is 11.7. The molecule has 310 valence electrons. The molecule has 5 aromatic carbocycles. The topological polar surface area (TPSA) is 86.2 Å². The van der Waals surface area contributed by atoms with Crippen molar-refractivity contribution in [3.05, 3.63) is 138 Å². The van der Waals surface area contributed by atoms with Gasteiger partial charge >= 0.3 is 0 Å². The average molecular weight is 812 g/mol. The van der Waals surface area contributed by atoms with Crippen molar-refractivity contribution in [1.29, 1.82) is 10.5 Å². The van der Waals surface area contributed by atoms with E-state index in [4.69, 9.17) is 15.0 Å². The lowest BCUT2D eigenvalue weighted by molar-refractivity contribution is 0.0779. The summed E-state index contributed by atoms with van der Waals surface area (Å²) in [6.07, 6.45) is 13.2. The second kappa shape index (κ2) is 16.1. The Kier molecular flexibility index (Phi) is 10.4. The molecule has 5 nitrogen and oxygen atoms in total. The van der Waals surface area contributed by atoms with Crippen LogP contribution in [0.1, 0.15) is 114 Å². The third kappa shape index (κ3) is 7.77. The van der Waals surface area contributed by atoms with Crippen molar-refractivity contribution in [2.45, 2.75) is 103 Å². The van der Waals surface area contributed by atoms with Crippen LogP contribution in [-0.4, -0.2) is 15.0 Å². The molecule has 8 atom stereocenters. The number of aromatic nitrogens is 3. The fourth-order valence-corrected chi connectivity index (χ4v) is 13.4. The van der Waals surface area contributed by atoms with Gasteiger partial charge in [-0.05, 0) is 199 Å². The Hall–Kier alpha value is -5.91. The molecule has 0 radical (unpaired) electrons. The quantitative estimate of drug-likeness (QED) is 0.160. The number of benzene rings is 5. The first kappa shape index (κ1) is 40.2. The van der Waals surface area contributed by atoms with Crippen LogP contribution >= 0.6 is 0 Å². The Labute approximate surface area is 368 Å². The molecule has 1 aromatic heterocycles. The van der Waals surface area contributed by atoms with Crippen molar-refractivity contribution in [2.24, 2.45) is 35.5 Å². The van der Waals surface area contributed by atoms with Crippen LogP contribution in [-0.2, 0) is 10.8 Å². The maximum absolute atomic E-state index is 9.79. The van der Waals surface area contributed by atoms with Crippen LogP contribution in [0.5, 0.6) is 0 Å². The van der Waals surface area contributed by atoms with Gasteiger partial charge in [0.15, 0.2) is 17.5 Å². The molecule has 5 heteroatoms. The summed E-state index contributed by atoms with van der Waals surface area (Å²) in [4.78, 5) is 15.2. The minimum absolute atomic E-state index is 0.269. The minimum Gasteiger partial charge on any atom is -0.208 e. The molecule has 6 aromatic rings. The van der Waals surface area contributed by atoms with E-state index in [0.717, 1.165) is 63.3 Å². The Balaban J connectivity index is 1.10. The lowest BCUT2D eigenvalue weighted by Gasteiger charge is -2.50. The highest BCUT2D eigenvalue weighted by atomic mass is 15.0. The van der Waals surface area contributed by atoms with Gasteiger partial charge < -0.3 is 0 Å². The Morgan fingerprint density at radius 1 is 0.403 bits per heavy atom. The van der Waals surface area contributed by atoms with Crippen LogP contribution in [0, 0.1) is 58.2 Å². The maximum Gasteiger partial charge on any atom is 0.164 e. The first-order valence-corrected chi connectivity index (χ1v) is 23.2. The van der Waals surface area contributed by atoms with Gasteiger partial charge in [-0.3, -0.25) is 0 Å². The lowest BCUT2D eigenvalue weighted by atomic mass is 9.54. The van der Waals surface area contributed by atoms with Crippen molar-refractivity contribution in [1.82, 2.24) is 15.0 Å². The summed E-state index contributed by atoms with van der Waals surface area (Å²) in [5, 5.41) is 19.3. The SMILES string of the molecule is C[C@@H]1C[C@@H]2C[C@H](C)CC(c3ccc(-c4cc(-c5ccc(C67C[C@H](C)C[C@H](C[C@H](C)C6)C7)cc5)cc(-c5nc(-c6ccc(C#N)cc6)nc(-c6cccc(C#N)c6)n5)c4)cc3)(C1)C2. The van der Waals surface area contributed by atoms with Gasteiger partial charge in [-0.15, -0.1) is 0 Å². The number of hydrogen-bond acceptors (Lipinski definition) is 5. The van der Waals surface area contributed by atoms with E-state index >= 15 is 0 Å². The van der Waals surface area contributed by atoms with Gasteiger partial charge in [0.2, 0.25) is 0 Å². The molecular weight excluding hydrogens is 755 g/mol. The van der Waals surface area contributed by atoms with Crippen molar-refractivity contribution >= 4 is 0 Å². The van der Waals surface area contributed by atoms with Crippen LogP contribution < -0.4 is 0 Å². The van der Waals surface area contributed by atoms with E-state index in [0.29, 0.717) is 28.6 Å². The summed E-state index contributed by atoms with van der Waals surface area (Å²) >= 11 is 0. The highest BCUT2D eigenvalue weighted by Gasteiger charge is 2.46. The number of nitriles is 2. The normalized spacial score (nSPS) is 27.8. The zero-order valence-electron chi connectivity index (χ0n) is 36.7. The molecule has 4 fully saturated rings. The monoisotopic (exact) mass is 811 g/mol. The van der Waals surface area contributed by atoms with Crippen LogP contribution in [0.15, 0.2) is 115 Å². The number of nitrogens with zero attached hydrogens (tertiary/aromatic N) is 5. The first-order chi connectivity index (χ1) is 30.1. The third-order valence-electron chi connectivity index (χ3n) is 15.3. The highest BCUT2D eigenvalue weighted by Crippen LogP contribution is 2.55. The van der Waals surface area contributed by atoms with Crippen molar-refractivity contribution in [3.8, 4) is 68.6 Å². The average Bonchev–Trinajstić information content (AvgIpc) is 3.28. The molecule has 4 aliphatic rings. The predicted molar refractivity (Wildman–Crippen MR) is 250 cm³/mol. The Bertz CT molecular complexity index is 2560. The van der Waals surface area contributed by atoms with Gasteiger partial charge in [0.1, 0.15) is 0 Å². The fraction of sp³-hybridized carbons (Fsp3) is 0.386. The molecule has 0 saturated heterocycles. The van der Waals surface area contributed by atoms with Gasteiger partial charge in [0, 0.05) is 16.7 Å². The van der Waals surface area contributed by atoms with Crippen LogP contribution in [0.3, 0.4) is 0 Å². The van der Waals surface area contributed by atoms with Crippen LogP contribution in [0.2, 0.25) is 0 Å². The third-order valence-corrected chi connectivity index (χ3v) is 15.3. The summed E-state index contributed by atoms with van der Waals surface area (Å²) in [6.45, 7) is 9.86. The first-order valence-electron chi connectivity index (χ1n) is 23.2. The van der Waals surface area contributed by atoms with Crippen LogP contribution in [0.4, 0.5) is 0 Å². The van der Waals surface area contributed by atoms with Gasteiger partial charge in [0.05, 0.1) is 23.3 Å². The smallest absolute Gasteiger partial charge is 0.164 e.